The first-order chi connectivity index (χ1) is 9.69. The molecule has 6 nitrogen and oxygen atoms in total. The maximum absolute atomic E-state index is 11.8. The zero-order valence-corrected chi connectivity index (χ0v) is 14.3. The van der Waals surface area contributed by atoms with Crippen molar-refractivity contribution in [2.45, 2.75) is 39.8 Å². The van der Waals surface area contributed by atoms with Gasteiger partial charge in [-0.15, -0.1) is 11.3 Å². The molecule has 0 saturated heterocycles. The molecule has 1 aromatic rings. The second-order valence-corrected chi connectivity index (χ2v) is 7.11. The lowest BCUT2D eigenvalue weighted by Crippen LogP contribution is -2.41. The number of rotatable bonds is 7. The maximum atomic E-state index is 11.8. The summed E-state index contributed by atoms with van der Waals surface area (Å²) in [6.07, 6.45) is 0.273. The van der Waals surface area contributed by atoms with Crippen molar-refractivity contribution in [1.29, 1.82) is 0 Å². The fourth-order valence-electron chi connectivity index (χ4n) is 2.01. The van der Waals surface area contributed by atoms with Crippen LogP contribution in [0.2, 0.25) is 0 Å². The first-order valence-electron chi connectivity index (χ1n) is 7.01. The smallest absolute Gasteiger partial charge is 0.315 e. The Balaban J connectivity index is 2.33. The normalized spacial score (nSPS) is 12.9. The molecule has 1 unspecified atom stereocenters. The zero-order valence-electron chi connectivity index (χ0n) is 13.4. The lowest BCUT2D eigenvalue weighted by Gasteiger charge is -2.26. The van der Waals surface area contributed by atoms with Gasteiger partial charge in [0.1, 0.15) is 0 Å². The molecule has 0 aliphatic heterocycles. The molecule has 0 fully saturated rings. The molecule has 0 aromatic carbocycles. The van der Waals surface area contributed by atoms with Crippen LogP contribution in [-0.4, -0.2) is 42.9 Å². The highest BCUT2D eigenvalue weighted by atomic mass is 32.1. The number of hydrogen-bond donors (Lipinski definition) is 3. The van der Waals surface area contributed by atoms with Gasteiger partial charge < -0.3 is 20.6 Å². The van der Waals surface area contributed by atoms with Gasteiger partial charge in [-0.2, -0.15) is 0 Å². The Morgan fingerprint density at radius 3 is 2.67 bits per heavy atom. The Morgan fingerprint density at radius 1 is 1.48 bits per heavy atom. The van der Waals surface area contributed by atoms with Crippen LogP contribution < -0.4 is 15.5 Å². The van der Waals surface area contributed by atoms with Crippen molar-refractivity contribution >= 4 is 22.5 Å². The first kappa shape index (κ1) is 17.7. The van der Waals surface area contributed by atoms with Crippen molar-refractivity contribution in [3.8, 4) is 0 Å². The third kappa shape index (κ3) is 6.77. The molecule has 0 spiro atoms. The van der Waals surface area contributed by atoms with Gasteiger partial charge in [-0.05, 0) is 18.8 Å². The monoisotopic (exact) mass is 314 g/mol. The molecule has 1 aromatic heterocycles. The second-order valence-electron chi connectivity index (χ2n) is 6.27. The number of aliphatic hydroxyl groups is 1. The summed E-state index contributed by atoms with van der Waals surface area (Å²) in [4.78, 5) is 18.1. The lowest BCUT2D eigenvalue weighted by atomic mass is 9.87. The second kappa shape index (κ2) is 7.61. The number of carbonyl (C=O) groups excluding carboxylic acids is 1. The molecule has 0 bridgehead atoms. The van der Waals surface area contributed by atoms with Crippen molar-refractivity contribution in [2.75, 3.05) is 25.5 Å². The Kier molecular flexibility index (Phi) is 6.42. The highest BCUT2D eigenvalue weighted by Gasteiger charge is 2.21. The summed E-state index contributed by atoms with van der Waals surface area (Å²) in [5.74, 6) is 0. The van der Waals surface area contributed by atoms with Crippen molar-refractivity contribution in [2.24, 2.45) is 5.41 Å². The van der Waals surface area contributed by atoms with Crippen LogP contribution in [0, 0.1) is 5.41 Å². The maximum Gasteiger partial charge on any atom is 0.315 e. The van der Waals surface area contributed by atoms with E-state index < -0.39 is 0 Å². The third-order valence-corrected chi connectivity index (χ3v) is 3.98. The van der Waals surface area contributed by atoms with Gasteiger partial charge in [0.25, 0.3) is 0 Å². The summed E-state index contributed by atoms with van der Waals surface area (Å²) in [6.45, 7) is 6.72. The van der Waals surface area contributed by atoms with Crippen LogP contribution in [0.5, 0.6) is 0 Å². The number of thiazole rings is 1. The van der Waals surface area contributed by atoms with Crippen molar-refractivity contribution in [1.82, 2.24) is 15.6 Å². The molecule has 21 heavy (non-hydrogen) atoms. The minimum absolute atomic E-state index is 0.135. The van der Waals surface area contributed by atoms with Crippen molar-refractivity contribution < 1.29 is 9.90 Å². The minimum atomic E-state index is -0.371. The summed E-state index contributed by atoms with van der Waals surface area (Å²) in [5, 5.41) is 17.9. The van der Waals surface area contributed by atoms with Gasteiger partial charge in [0.2, 0.25) is 0 Å². The van der Waals surface area contributed by atoms with E-state index in [4.69, 9.17) is 0 Å². The van der Waals surface area contributed by atoms with Crippen LogP contribution in [-0.2, 0) is 6.54 Å². The molecule has 0 aliphatic rings. The van der Waals surface area contributed by atoms with Gasteiger partial charge in [-0.3, -0.25) is 0 Å². The number of urea groups is 1. The van der Waals surface area contributed by atoms with Crippen LogP contribution >= 0.6 is 11.3 Å². The molecule has 0 saturated carbocycles. The van der Waals surface area contributed by atoms with Gasteiger partial charge >= 0.3 is 6.03 Å². The number of anilines is 1. The number of aromatic nitrogens is 1. The summed E-state index contributed by atoms with van der Waals surface area (Å²) >= 11 is 1.55. The van der Waals surface area contributed by atoms with Crippen LogP contribution in [0.15, 0.2) is 5.38 Å². The fraction of sp³-hybridized carbons (Fsp3) is 0.714. The molecule has 1 rings (SSSR count). The molecule has 2 amide bonds. The molecular formula is C14H26N4O2S. The minimum Gasteiger partial charge on any atom is -0.393 e. The van der Waals surface area contributed by atoms with Gasteiger partial charge in [0.15, 0.2) is 5.13 Å². The molecule has 0 aliphatic carbocycles. The first-order valence-corrected chi connectivity index (χ1v) is 7.89. The van der Waals surface area contributed by atoms with E-state index >= 15 is 0 Å². The highest BCUT2D eigenvalue weighted by Crippen LogP contribution is 2.21. The number of nitrogens with zero attached hydrogens (tertiary/aromatic N) is 2. The van der Waals surface area contributed by atoms with E-state index in [-0.39, 0.29) is 17.6 Å². The predicted octanol–water partition coefficient (Wildman–Crippen LogP) is 1.81. The predicted molar refractivity (Wildman–Crippen MR) is 86.8 cm³/mol. The molecule has 1 atom stereocenters. The zero-order chi connectivity index (χ0) is 16.0. The molecular weight excluding hydrogens is 288 g/mol. The average Bonchev–Trinajstić information content (AvgIpc) is 2.81. The number of hydrogen-bond acceptors (Lipinski definition) is 5. The average molecular weight is 314 g/mol. The van der Waals surface area contributed by atoms with Gasteiger partial charge in [-0.25, -0.2) is 9.78 Å². The van der Waals surface area contributed by atoms with E-state index in [1.807, 2.05) is 38.2 Å². The topological polar surface area (TPSA) is 77.5 Å². The molecule has 120 valence electrons. The number of aliphatic hydroxyl groups excluding tert-OH is 1. The molecule has 7 heteroatoms. The largest absolute Gasteiger partial charge is 0.393 e. The fourth-order valence-corrected chi connectivity index (χ4v) is 2.77. The Bertz CT molecular complexity index is 458. The summed E-state index contributed by atoms with van der Waals surface area (Å²) in [7, 11) is 3.87. The number of nitrogens with one attached hydrogen (secondary N) is 2. The summed E-state index contributed by atoms with van der Waals surface area (Å²) in [6, 6.07) is -0.215. The molecule has 1 heterocycles. The van der Waals surface area contributed by atoms with E-state index in [0.29, 0.717) is 19.5 Å². The Morgan fingerprint density at radius 2 is 2.14 bits per heavy atom. The van der Waals surface area contributed by atoms with Crippen LogP contribution in [0.25, 0.3) is 0 Å². The van der Waals surface area contributed by atoms with Crippen LogP contribution in [0.1, 0.15) is 32.9 Å². The van der Waals surface area contributed by atoms with E-state index in [1.54, 1.807) is 18.3 Å². The van der Waals surface area contributed by atoms with Crippen LogP contribution in [0.4, 0.5) is 9.93 Å². The number of amides is 2. The highest BCUT2D eigenvalue weighted by molar-refractivity contribution is 7.13. The Labute approximate surface area is 130 Å². The molecule has 3 N–H and O–H groups in total. The molecule has 0 radical (unpaired) electrons. The van der Waals surface area contributed by atoms with Gasteiger partial charge in [0, 0.05) is 26.0 Å². The summed E-state index contributed by atoms with van der Waals surface area (Å²) in [5.41, 5.74) is 0.714. The van der Waals surface area contributed by atoms with Crippen molar-refractivity contribution in [3.63, 3.8) is 0 Å². The third-order valence-electron chi connectivity index (χ3n) is 2.93. The van der Waals surface area contributed by atoms with E-state index in [2.05, 4.69) is 15.6 Å². The standard InChI is InChI=1S/C14H26N4O2S/c1-10(19)6-14(2,3)9-16-12(20)15-7-11-8-21-13(17-11)18(4)5/h8,10,19H,6-7,9H2,1-5H3,(H2,15,16,20). The van der Waals surface area contributed by atoms with Gasteiger partial charge in [-0.1, -0.05) is 13.8 Å². The summed E-state index contributed by atoms with van der Waals surface area (Å²) < 4.78 is 0. The van der Waals surface area contributed by atoms with E-state index in [9.17, 15) is 9.90 Å². The van der Waals surface area contributed by atoms with Crippen LogP contribution in [0.3, 0.4) is 0 Å². The lowest BCUT2D eigenvalue weighted by molar-refractivity contribution is 0.129. The van der Waals surface area contributed by atoms with Crippen molar-refractivity contribution in [3.05, 3.63) is 11.1 Å². The van der Waals surface area contributed by atoms with Gasteiger partial charge in [0.05, 0.1) is 18.3 Å². The van der Waals surface area contributed by atoms with E-state index in [0.717, 1.165) is 10.8 Å². The SMILES string of the molecule is CC(O)CC(C)(C)CNC(=O)NCc1csc(N(C)C)n1. The van der Waals surface area contributed by atoms with E-state index in [1.165, 1.54) is 0 Å². The Hall–Kier alpha value is -1.34. The quantitative estimate of drug-likeness (QED) is 0.717. The number of carbonyl (C=O) groups is 1.